The number of amides is 1. The maximum atomic E-state index is 12.0. The molecule has 1 aromatic rings. The number of carbonyl (C=O) groups is 2. The van der Waals surface area contributed by atoms with Crippen molar-refractivity contribution in [2.75, 3.05) is 0 Å². The van der Waals surface area contributed by atoms with Gasteiger partial charge in [-0.3, -0.25) is 4.79 Å². The van der Waals surface area contributed by atoms with Crippen molar-refractivity contribution in [1.29, 1.82) is 0 Å². The smallest absolute Gasteiger partial charge is 0.329 e. The molecule has 1 amide bonds. The third kappa shape index (κ3) is 3.97. The number of benzene rings is 1. The Balaban J connectivity index is 1.84. The highest BCUT2D eigenvalue weighted by atomic mass is 35.5. The predicted molar refractivity (Wildman–Crippen MR) is 81.3 cm³/mol. The zero-order chi connectivity index (χ0) is 15.5. The summed E-state index contributed by atoms with van der Waals surface area (Å²) >= 11 is 5.84. The van der Waals surface area contributed by atoms with E-state index in [1.54, 1.807) is 0 Å². The Morgan fingerprint density at radius 3 is 2.43 bits per heavy atom. The number of rotatable bonds is 6. The molecule has 1 aromatic carbocycles. The van der Waals surface area contributed by atoms with E-state index in [2.05, 4.69) is 5.32 Å². The minimum absolute atomic E-state index is 0.150. The van der Waals surface area contributed by atoms with Gasteiger partial charge in [-0.2, -0.15) is 0 Å². The van der Waals surface area contributed by atoms with Gasteiger partial charge in [0, 0.05) is 11.4 Å². The molecule has 0 bridgehead atoms. The molecule has 114 valence electrons. The van der Waals surface area contributed by atoms with E-state index in [-0.39, 0.29) is 11.8 Å². The molecular formula is C16H20ClNO3. The Hall–Kier alpha value is -1.55. The molecule has 0 saturated heterocycles. The fraction of sp³-hybridized carbons (Fsp3) is 0.500. The summed E-state index contributed by atoms with van der Waals surface area (Å²) in [6, 6.07) is 7.55. The molecule has 1 aliphatic rings. The van der Waals surface area contributed by atoms with Crippen LogP contribution >= 0.6 is 11.6 Å². The molecule has 1 fully saturated rings. The van der Waals surface area contributed by atoms with Gasteiger partial charge in [-0.1, -0.05) is 30.7 Å². The lowest BCUT2D eigenvalue weighted by Crippen LogP contribution is -2.59. The van der Waals surface area contributed by atoms with Gasteiger partial charge in [0.1, 0.15) is 5.54 Å². The third-order valence-electron chi connectivity index (χ3n) is 4.03. The maximum absolute atomic E-state index is 12.0. The van der Waals surface area contributed by atoms with Crippen molar-refractivity contribution < 1.29 is 14.7 Å². The second kappa shape index (κ2) is 6.48. The second-order valence-electron chi connectivity index (χ2n) is 5.93. The van der Waals surface area contributed by atoms with E-state index in [9.17, 15) is 14.7 Å². The molecule has 1 unspecified atom stereocenters. The van der Waals surface area contributed by atoms with Crippen LogP contribution in [0.25, 0.3) is 0 Å². The SMILES string of the molecule is CC(CC(=O)NC1(C(=O)O)CCC1)Cc1ccc(Cl)cc1. The van der Waals surface area contributed by atoms with Gasteiger partial charge in [0.05, 0.1) is 0 Å². The highest BCUT2D eigenvalue weighted by Crippen LogP contribution is 2.32. The molecular weight excluding hydrogens is 290 g/mol. The number of halogens is 1. The summed E-state index contributed by atoms with van der Waals surface area (Å²) in [5.74, 6) is -0.955. The summed E-state index contributed by atoms with van der Waals surface area (Å²) in [6.07, 6.45) is 3.01. The van der Waals surface area contributed by atoms with E-state index in [0.717, 1.165) is 18.4 Å². The summed E-state index contributed by atoms with van der Waals surface area (Å²) in [6.45, 7) is 1.99. The zero-order valence-corrected chi connectivity index (χ0v) is 12.8. The molecule has 21 heavy (non-hydrogen) atoms. The van der Waals surface area contributed by atoms with Crippen LogP contribution in [0.15, 0.2) is 24.3 Å². The average molecular weight is 310 g/mol. The molecule has 0 spiro atoms. The van der Waals surface area contributed by atoms with Crippen LogP contribution < -0.4 is 5.32 Å². The molecule has 0 aromatic heterocycles. The lowest BCUT2D eigenvalue weighted by atomic mass is 9.76. The second-order valence-corrected chi connectivity index (χ2v) is 6.37. The Bertz CT molecular complexity index is 523. The summed E-state index contributed by atoms with van der Waals surface area (Å²) in [7, 11) is 0. The van der Waals surface area contributed by atoms with Crippen LogP contribution in [0.5, 0.6) is 0 Å². The van der Waals surface area contributed by atoms with Crippen LogP contribution in [-0.2, 0) is 16.0 Å². The molecule has 0 radical (unpaired) electrons. The number of carboxylic acids is 1. The Labute approximate surface area is 129 Å². The van der Waals surface area contributed by atoms with Crippen LogP contribution in [0.1, 0.15) is 38.2 Å². The number of aliphatic carboxylic acids is 1. The lowest BCUT2D eigenvalue weighted by molar-refractivity contribution is -0.151. The van der Waals surface area contributed by atoms with Gasteiger partial charge < -0.3 is 10.4 Å². The first-order valence-corrected chi connectivity index (χ1v) is 7.58. The van der Waals surface area contributed by atoms with Crippen molar-refractivity contribution >= 4 is 23.5 Å². The van der Waals surface area contributed by atoms with Crippen molar-refractivity contribution in [3.63, 3.8) is 0 Å². The Morgan fingerprint density at radius 2 is 1.95 bits per heavy atom. The van der Waals surface area contributed by atoms with Crippen LogP contribution in [-0.4, -0.2) is 22.5 Å². The summed E-state index contributed by atoms with van der Waals surface area (Å²) in [5.41, 5.74) is 0.105. The Kier molecular flexibility index (Phi) is 4.88. The van der Waals surface area contributed by atoms with Gasteiger partial charge in [0.15, 0.2) is 0 Å². The molecule has 1 saturated carbocycles. The average Bonchev–Trinajstić information content (AvgIpc) is 2.36. The van der Waals surface area contributed by atoms with E-state index in [1.807, 2.05) is 31.2 Å². The molecule has 0 aliphatic heterocycles. The standard InChI is InChI=1S/C16H20ClNO3/c1-11(9-12-3-5-13(17)6-4-12)10-14(19)18-16(15(20)21)7-2-8-16/h3-6,11H,2,7-10H2,1H3,(H,18,19)(H,20,21). The van der Waals surface area contributed by atoms with Crippen molar-refractivity contribution in [3.05, 3.63) is 34.9 Å². The third-order valence-corrected chi connectivity index (χ3v) is 4.28. The molecule has 5 heteroatoms. The molecule has 0 heterocycles. The van der Waals surface area contributed by atoms with E-state index in [4.69, 9.17) is 11.6 Å². The lowest BCUT2D eigenvalue weighted by Gasteiger charge is -2.38. The van der Waals surface area contributed by atoms with Crippen LogP contribution in [0.4, 0.5) is 0 Å². The van der Waals surface area contributed by atoms with Gasteiger partial charge in [0.2, 0.25) is 5.91 Å². The molecule has 2 rings (SSSR count). The van der Waals surface area contributed by atoms with Crippen molar-refractivity contribution in [3.8, 4) is 0 Å². The van der Waals surface area contributed by atoms with Crippen LogP contribution in [0.3, 0.4) is 0 Å². The number of hydrogen-bond donors (Lipinski definition) is 2. The summed E-state index contributed by atoms with van der Waals surface area (Å²) < 4.78 is 0. The first kappa shape index (κ1) is 15.8. The fourth-order valence-electron chi connectivity index (χ4n) is 2.65. The number of nitrogens with one attached hydrogen (secondary N) is 1. The topological polar surface area (TPSA) is 66.4 Å². The van der Waals surface area contributed by atoms with Gasteiger partial charge in [0.25, 0.3) is 0 Å². The molecule has 1 atom stereocenters. The van der Waals surface area contributed by atoms with Gasteiger partial charge in [-0.05, 0) is 49.3 Å². The first-order valence-electron chi connectivity index (χ1n) is 7.20. The quantitative estimate of drug-likeness (QED) is 0.849. The number of carbonyl (C=O) groups excluding carboxylic acids is 1. The highest BCUT2D eigenvalue weighted by Gasteiger charge is 2.45. The minimum Gasteiger partial charge on any atom is -0.480 e. The monoisotopic (exact) mass is 309 g/mol. The van der Waals surface area contributed by atoms with Gasteiger partial charge >= 0.3 is 5.97 Å². The predicted octanol–water partition coefficient (Wildman–Crippen LogP) is 3.03. The van der Waals surface area contributed by atoms with E-state index >= 15 is 0 Å². The molecule has 2 N–H and O–H groups in total. The normalized spacial score (nSPS) is 17.6. The van der Waals surface area contributed by atoms with Crippen molar-refractivity contribution in [2.45, 2.75) is 44.6 Å². The van der Waals surface area contributed by atoms with E-state index in [0.29, 0.717) is 24.3 Å². The maximum Gasteiger partial charge on any atom is 0.329 e. The highest BCUT2D eigenvalue weighted by molar-refractivity contribution is 6.30. The number of hydrogen-bond acceptors (Lipinski definition) is 2. The Morgan fingerprint density at radius 1 is 1.33 bits per heavy atom. The minimum atomic E-state index is -1.02. The molecule has 4 nitrogen and oxygen atoms in total. The molecule has 1 aliphatic carbocycles. The summed E-state index contributed by atoms with van der Waals surface area (Å²) in [4.78, 5) is 23.2. The van der Waals surface area contributed by atoms with Crippen LogP contribution in [0.2, 0.25) is 5.02 Å². The van der Waals surface area contributed by atoms with E-state index in [1.165, 1.54) is 0 Å². The van der Waals surface area contributed by atoms with Gasteiger partial charge in [-0.15, -0.1) is 0 Å². The van der Waals surface area contributed by atoms with Crippen molar-refractivity contribution in [1.82, 2.24) is 5.32 Å². The van der Waals surface area contributed by atoms with Crippen LogP contribution in [0, 0.1) is 5.92 Å². The van der Waals surface area contributed by atoms with Crippen molar-refractivity contribution in [2.24, 2.45) is 5.92 Å². The van der Waals surface area contributed by atoms with Gasteiger partial charge in [-0.25, -0.2) is 4.79 Å². The first-order chi connectivity index (χ1) is 9.91. The fourth-order valence-corrected chi connectivity index (χ4v) is 2.78. The zero-order valence-electron chi connectivity index (χ0n) is 12.1. The largest absolute Gasteiger partial charge is 0.480 e. The van der Waals surface area contributed by atoms with E-state index < -0.39 is 11.5 Å². The summed E-state index contributed by atoms with van der Waals surface area (Å²) in [5, 5.41) is 12.6. The number of carboxylic acid groups (broad SMARTS) is 1.